The van der Waals surface area contributed by atoms with Gasteiger partial charge in [-0.1, -0.05) is 40.0 Å². The molecule has 0 bridgehead atoms. The fourth-order valence-electron chi connectivity index (χ4n) is 2.91. The molecule has 0 aromatic rings. The summed E-state index contributed by atoms with van der Waals surface area (Å²) in [5.41, 5.74) is 0.624. The predicted molar refractivity (Wildman–Crippen MR) is 63.6 cm³/mol. The molecule has 0 radical (unpaired) electrons. The van der Waals surface area contributed by atoms with Gasteiger partial charge >= 0.3 is 0 Å². The van der Waals surface area contributed by atoms with Crippen molar-refractivity contribution in [2.24, 2.45) is 0 Å². The number of rotatable bonds is 7. The molecule has 0 aromatic heterocycles. The van der Waals surface area contributed by atoms with E-state index in [0.29, 0.717) is 5.54 Å². The van der Waals surface area contributed by atoms with Crippen molar-refractivity contribution >= 4 is 0 Å². The Hall–Kier alpha value is -0.0400. The van der Waals surface area contributed by atoms with Crippen LogP contribution >= 0.6 is 0 Å². The van der Waals surface area contributed by atoms with E-state index < -0.39 is 0 Å². The predicted octanol–water partition coefficient (Wildman–Crippen LogP) is 3.83. The lowest BCUT2D eigenvalue weighted by Gasteiger charge is -2.54. The molecule has 1 nitrogen and oxygen atoms in total. The lowest BCUT2D eigenvalue weighted by molar-refractivity contribution is -0.0297. The number of hydrogen-bond acceptors (Lipinski definition) is 1. The van der Waals surface area contributed by atoms with E-state index in [2.05, 4.69) is 25.7 Å². The standard InChI is InChI=1S/C13H27N/c1-4-7-11-14-12-10-13(14,8-5-2)9-6-3/h4-12H2,1-3H3. The molecule has 0 atom stereocenters. The average molecular weight is 197 g/mol. The fourth-order valence-corrected chi connectivity index (χ4v) is 2.91. The van der Waals surface area contributed by atoms with Crippen LogP contribution in [0.3, 0.4) is 0 Å². The van der Waals surface area contributed by atoms with Crippen molar-refractivity contribution in [1.29, 1.82) is 0 Å². The molecule has 1 heteroatoms. The lowest BCUT2D eigenvalue weighted by atomic mass is 9.77. The number of hydrogen-bond donors (Lipinski definition) is 0. The van der Waals surface area contributed by atoms with Crippen LogP contribution in [0.1, 0.15) is 65.7 Å². The highest BCUT2D eigenvalue weighted by Crippen LogP contribution is 2.39. The molecule has 1 fully saturated rings. The van der Waals surface area contributed by atoms with E-state index in [1.165, 1.54) is 58.0 Å². The van der Waals surface area contributed by atoms with Crippen LogP contribution < -0.4 is 0 Å². The van der Waals surface area contributed by atoms with Crippen LogP contribution in [-0.4, -0.2) is 23.5 Å². The molecule has 14 heavy (non-hydrogen) atoms. The van der Waals surface area contributed by atoms with Gasteiger partial charge in [0.05, 0.1) is 0 Å². The van der Waals surface area contributed by atoms with Crippen LogP contribution in [0.15, 0.2) is 0 Å². The Morgan fingerprint density at radius 2 is 1.64 bits per heavy atom. The van der Waals surface area contributed by atoms with Crippen LogP contribution in [0, 0.1) is 0 Å². The summed E-state index contributed by atoms with van der Waals surface area (Å²) in [5, 5.41) is 0. The van der Waals surface area contributed by atoms with E-state index >= 15 is 0 Å². The van der Waals surface area contributed by atoms with Crippen molar-refractivity contribution < 1.29 is 0 Å². The molecule has 1 saturated heterocycles. The van der Waals surface area contributed by atoms with E-state index in [4.69, 9.17) is 0 Å². The number of unbranched alkanes of at least 4 members (excludes halogenated alkanes) is 1. The zero-order valence-corrected chi connectivity index (χ0v) is 10.3. The molecule has 0 N–H and O–H groups in total. The number of likely N-dealkylation sites (tertiary alicyclic amines) is 1. The minimum absolute atomic E-state index is 0.624. The third kappa shape index (κ3) is 2.50. The van der Waals surface area contributed by atoms with E-state index in [-0.39, 0.29) is 0 Å². The molecule has 0 aliphatic carbocycles. The summed E-state index contributed by atoms with van der Waals surface area (Å²) < 4.78 is 0. The van der Waals surface area contributed by atoms with Gasteiger partial charge in [0, 0.05) is 12.1 Å². The maximum atomic E-state index is 2.75. The average Bonchev–Trinajstić information content (AvgIpc) is 2.16. The molecule has 0 saturated carbocycles. The zero-order valence-electron chi connectivity index (χ0n) is 10.3. The third-order valence-corrected chi connectivity index (χ3v) is 3.73. The van der Waals surface area contributed by atoms with Crippen LogP contribution in [0.25, 0.3) is 0 Å². The Morgan fingerprint density at radius 3 is 2.00 bits per heavy atom. The van der Waals surface area contributed by atoms with Gasteiger partial charge < -0.3 is 0 Å². The third-order valence-electron chi connectivity index (χ3n) is 3.73. The summed E-state index contributed by atoms with van der Waals surface area (Å²) in [6, 6.07) is 0. The molecule has 1 heterocycles. The minimum atomic E-state index is 0.624. The van der Waals surface area contributed by atoms with Gasteiger partial charge in [-0.3, -0.25) is 4.90 Å². The van der Waals surface area contributed by atoms with Gasteiger partial charge in [0.15, 0.2) is 0 Å². The molecule has 1 rings (SSSR count). The zero-order chi connectivity index (χ0) is 10.4. The van der Waals surface area contributed by atoms with Crippen molar-refractivity contribution in [3.8, 4) is 0 Å². The van der Waals surface area contributed by atoms with Crippen molar-refractivity contribution in [2.75, 3.05) is 13.1 Å². The molecule has 1 aliphatic rings. The van der Waals surface area contributed by atoms with Gasteiger partial charge in [0.2, 0.25) is 0 Å². The summed E-state index contributed by atoms with van der Waals surface area (Å²) in [7, 11) is 0. The van der Waals surface area contributed by atoms with Crippen molar-refractivity contribution in [2.45, 2.75) is 71.3 Å². The summed E-state index contributed by atoms with van der Waals surface area (Å²) in [4.78, 5) is 2.75. The van der Waals surface area contributed by atoms with Gasteiger partial charge in [-0.15, -0.1) is 0 Å². The number of nitrogens with zero attached hydrogens (tertiary/aromatic N) is 1. The first-order valence-corrected chi connectivity index (χ1v) is 6.54. The van der Waals surface area contributed by atoms with Gasteiger partial charge in [-0.25, -0.2) is 0 Å². The Bertz CT molecular complexity index is 147. The van der Waals surface area contributed by atoms with E-state index in [1.807, 2.05) is 0 Å². The highest BCUT2D eigenvalue weighted by Gasteiger charge is 2.41. The smallest absolute Gasteiger partial charge is 0.0221 e. The summed E-state index contributed by atoms with van der Waals surface area (Å²) >= 11 is 0. The van der Waals surface area contributed by atoms with Crippen molar-refractivity contribution in [1.82, 2.24) is 4.90 Å². The second-order valence-corrected chi connectivity index (χ2v) is 4.81. The largest absolute Gasteiger partial charge is 0.298 e. The first-order valence-electron chi connectivity index (χ1n) is 6.54. The van der Waals surface area contributed by atoms with Gasteiger partial charge in [-0.2, -0.15) is 0 Å². The van der Waals surface area contributed by atoms with Crippen LogP contribution in [-0.2, 0) is 0 Å². The Morgan fingerprint density at radius 1 is 1.00 bits per heavy atom. The Kier molecular flexibility index (Phi) is 4.94. The SMILES string of the molecule is CCCCN1CCC1(CCC)CCC. The molecule has 1 aliphatic heterocycles. The molecule has 0 unspecified atom stereocenters. The fraction of sp³-hybridized carbons (Fsp3) is 1.00. The van der Waals surface area contributed by atoms with Gasteiger partial charge in [0.25, 0.3) is 0 Å². The molecular formula is C13H27N. The molecule has 0 spiro atoms. The van der Waals surface area contributed by atoms with Crippen LogP contribution in [0.5, 0.6) is 0 Å². The van der Waals surface area contributed by atoms with Gasteiger partial charge in [0.1, 0.15) is 0 Å². The second kappa shape index (κ2) is 5.75. The Balaban J connectivity index is 2.41. The highest BCUT2D eigenvalue weighted by molar-refractivity contribution is 4.98. The van der Waals surface area contributed by atoms with Crippen molar-refractivity contribution in [3.63, 3.8) is 0 Å². The molecule has 84 valence electrons. The van der Waals surface area contributed by atoms with E-state index in [0.717, 1.165) is 0 Å². The van der Waals surface area contributed by atoms with Crippen LogP contribution in [0.4, 0.5) is 0 Å². The second-order valence-electron chi connectivity index (χ2n) is 4.81. The topological polar surface area (TPSA) is 3.24 Å². The quantitative estimate of drug-likeness (QED) is 0.599. The van der Waals surface area contributed by atoms with Crippen molar-refractivity contribution in [3.05, 3.63) is 0 Å². The lowest BCUT2D eigenvalue weighted by Crippen LogP contribution is -2.59. The highest BCUT2D eigenvalue weighted by atomic mass is 15.3. The minimum Gasteiger partial charge on any atom is -0.298 e. The Labute approximate surface area is 89.9 Å². The molecule has 0 amide bonds. The van der Waals surface area contributed by atoms with Crippen LogP contribution in [0.2, 0.25) is 0 Å². The maximum Gasteiger partial charge on any atom is 0.0221 e. The summed E-state index contributed by atoms with van der Waals surface area (Å²) in [5.74, 6) is 0. The first-order chi connectivity index (χ1) is 6.79. The van der Waals surface area contributed by atoms with E-state index in [9.17, 15) is 0 Å². The molecular weight excluding hydrogens is 170 g/mol. The first kappa shape index (κ1) is 12.0. The van der Waals surface area contributed by atoms with E-state index in [1.54, 1.807) is 0 Å². The van der Waals surface area contributed by atoms with Gasteiger partial charge in [-0.05, 0) is 32.2 Å². The summed E-state index contributed by atoms with van der Waals surface area (Å²) in [6.45, 7) is 9.65. The monoisotopic (exact) mass is 197 g/mol. The maximum absolute atomic E-state index is 2.75. The molecule has 0 aromatic carbocycles. The normalized spacial score (nSPS) is 20.8. The summed E-state index contributed by atoms with van der Waals surface area (Å²) in [6.07, 6.45) is 9.72.